The number of nitrogens with one attached hydrogen (secondary N) is 1. The van der Waals surface area contributed by atoms with Gasteiger partial charge in [0.1, 0.15) is 0 Å². The Morgan fingerprint density at radius 2 is 1.81 bits per heavy atom. The van der Waals surface area contributed by atoms with Gasteiger partial charge in [-0.25, -0.2) is 0 Å². The first-order chi connectivity index (χ1) is 10.1. The Kier molecular flexibility index (Phi) is 6.45. The molecule has 2 unspecified atom stereocenters. The lowest BCUT2D eigenvalue weighted by atomic mass is 9.96. The molecule has 0 aliphatic carbocycles. The molecule has 0 spiro atoms. The number of hydrogen-bond acceptors (Lipinski definition) is 4. The van der Waals surface area contributed by atoms with Crippen LogP contribution < -0.4 is 5.32 Å². The summed E-state index contributed by atoms with van der Waals surface area (Å²) < 4.78 is 0. The van der Waals surface area contributed by atoms with Crippen LogP contribution in [0.25, 0.3) is 0 Å². The molecule has 0 aromatic rings. The van der Waals surface area contributed by atoms with E-state index in [9.17, 15) is 9.90 Å². The Morgan fingerprint density at radius 1 is 1.19 bits per heavy atom. The van der Waals surface area contributed by atoms with Gasteiger partial charge in [0.15, 0.2) is 0 Å². The van der Waals surface area contributed by atoms with Gasteiger partial charge in [-0.05, 0) is 65.1 Å². The van der Waals surface area contributed by atoms with Crippen LogP contribution in [-0.2, 0) is 4.79 Å². The first-order valence-corrected chi connectivity index (χ1v) is 8.49. The fraction of sp³-hybridized carbons (Fsp3) is 0.938. The molecule has 2 heterocycles. The summed E-state index contributed by atoms with van der Waals surface area (Å²) in [6.45, 7) is 9.54. The molecule has 2 rings (SSSR count). The van der Waals surface area contributed by atoms with Crippen molar-refractivity contribution in [3.8, 4) is 0 Å². The number of piperidine rings is 1. The van der Waals surface area contributed by atoms with Crippen LogP contribution in [0.1, 0.15) is 39.5 Å². The maximum absolute atomic E-state index is 12.2. The first kappa shape index (κ1) is 16.7. The van der Waals surface area contributed by atoms with E-state index in [1.54, 1.807) is 0 Å². The summed E-state index contributed by atoms with van der Waals surface area (Å²) >= 11 is 0. The minimum absolute atomic E-state index is 0.0569. The summed E-state index contributed by atoms with van der Waals surface area (Å²) in [6, 6.07) is -0.0569. The van der Waals surface area contributed by atoms with Crippen LogP contribution in [0.15, 0.2) is 0 Å². The minimum Gasteiger partial charge on any atom is -0.392 e. The zero-order valence-corrected chi connectivity index (χ0v) is 13.6. The van der Waals surface area contributed by atoms with E-state index < -0.39 is 0 Å². The fourth-order valence-corrected chi connectivity index (χ4v) is 3.39. The molecule has 2 atom stereocenters. The Morgan fingerprint density at radius 3 is 2.38 bits per heavy atom. The smallest absolute Gasteiger partial charge is 0.239 e. The zero-order valence-electron chi connectivity index (χ0n) is 13.6. The van der Waals surface area contributed by atoms with E-state index in [1.165, 1.54) is 0 Å². The largest absolute Gasteiger partial charge is 0.392 e. The highest BCUT2D eigenvalue weighted by Gasteiger charge is 2.25. The number of rotatable bonds is 6. The predicted molar refractivity (Wildman–Crippen MR) is 84.1 cm³/mol. The van der Waals surface area contributed by atoms with Crippen LogP contribution in [-0.4, -0.2) is 72.2 Å². The van der Waals surface area contributed by atoms with Crippen LogP contribution >= 0.6 is 0 Å². The molecule has 5 heteroatoms. The van der Waals surface area contributed by atoms with Crippen LogP contribution in [0, 0.1) is 5.92 Å². The topological polar surface area (TPSA) is 55.8 Å². The molecule has 0 aromatic carbocycles. The van der Waals surface area contributed by atoms with E-state index in [1.807, 2.05) is 18.7 Å². The van der Waals surface area contributed by atoms with Crippen molar-refractivity contribution < 1.29 is 9.90 Å². The third kappa shape index (κ3) is 5.24. The first-order valence-electron chi connectivity index (χ1n) is 8.49. The summed E-state index contributed by atoms with van der Waals surface area (Å²) in [5.41, 5.74) is 0. The van der Waals surface area contributed by atoms with Gasteiger partial charge in [-0.2, -0.15) is 0 Å². The number of nitrogens with zero attached hydrogens (tertiary/aromatic N) is 2. The molecule has 1 amide bonds. The van der Waals surface area contributed by atoms with Crippen LogP contribution in [0.3, 0.4) is 0 Å². The van der Waals surface area contributed by atoms with Gasteiger partial charge in [-0.1, -0.05) is 0 Å². The highest BCUT2D eigenvalue weighted by Crippen LogP contribution is 2.17. The number of aliphatic hydroxyl groups is 1. The van der Waals surface area contributed by atoms with Crippen molar-refractivity contribution in [2.75, 3.05) is 39.3 Å². The highest BCUT2D eigenvalue weighted by atomic mass is 16.3. The Bertz CT molecular complexity index is 321. The molecular formula is C16H31N3O2. The van der Waals surface area contributed by atoms with Gasteiger partial charge >= 0.3 is 0 Å². The SMILES string of the molecule is CC(O)CN1CCC(CNC(C)C(=O)N2CCCC2)CC1. The highest BCUT2D eigenvalue weighted by molar-refractivity contribution is 5.81. The van der Waals surface area contributed by atoms with Crippen LogP contribution in [0.5, 0.6) is 0 Å². The van der Waals surface area contributed by atoms with Gasteiger partial charge in [0.05, 0.1) is 12.1 Å². The van der Waals surface area contributed by atoms with E-state index in [2.05, 4.69) is 10.2 Å². The number of likely N-dealkylation sites (tertiary alicyclic amines) is 2. The third-order valence-corrected chi connectivity index (χ3v) is 4.73. The second-order valence-electron chi connectivity index (χ2n) is 6.76. The van der Waals surface area contributed by atoms with Crippen LogP contribution in [0.2, 0.25) is 0 Å². The zero-order chi connectivity index (χ0) is 15.2. The Labute approximate surface area is 128 Å². The maximum atomic E-state index is 12.2. The normalized spacial score (nSPS) is 24.2. The molecule has 2 aliphatic heterocycles. The molecule has 5 nitrogen and oxygen atoms in total. The average Bonchev–Trinajstić information content (AvgIpc) is 2.99. The van der Waals surface area contributed by atoms with Crippen molar-refractivity contribution >= 4 is 5.91 Å². The number of carbonyl (C=O) groups is 1. The summed E-state index contributed by atoms with van der Waals surface area (Å²) in [5.74, 6) is 0.920. The molecule has 2 saturated heterocycles. The van der Waals surface area contributed by atoms with Crippen molar-refractivity contribution in [3.05, 3.63) is 0 Å². The van der Waals surface area contributed by atoms with Crippen molar-refractivity contribution in [2.45, 2.75) is 51.7 Å². The van der Waals surface area contributed by atoms with Gasteiger partial charge in [0, 0.05) is 19.6 Å². The van der Waals surface area contributed by atoms with E-state index in [-0.39, 0.29) is 18.1 Å². The summed E-state index contributed by atoms with van der Waals surface area (Å²) in [6.07, 6.45) is 4.38. The molecule has 122 valence electrons. The number of amides is 1. The molecule has 2 N–H and O–H groups in total. The van der Waals surface area contributed by atoms with Gasteiger partial charge in [0.25, 0.3) is 0 Å². The lowest BCUT2D eigenvalue weighted by molar-refractivity contribution is -0.132. The summed E-state index contributed by atoms with van der Waals surface area (Å²) in [4.78, 5) is 16.5. The van der Waals surface area contributed by atoms with Gasteiger partial charge < -0.3 is 20.2 Å². The van der Waals surface area contributed by atoms with Gasteiger partial charge in [-0.3, -0.25) is 4.79 Å². The molecular weight excluding hydrogens is 266 g/mol. The lowest BCUT2D eigenvalue weighted by Crippen LogP contribution is -2.46. The van der Waals surface area contributed by atoms with Crippen molar-refractivity contribution in [1.29, 1.82) is 0 Å². The maximum Gasteiger partial charge on any atom is 0.239 e. The number of carbonyl (C=O) groups excluding carboxylic acids is 1. The predicted octanol–water partition coefficient (Wildman–Crippen LogP) is 0.680. The summed E-state index contributed by atoms with van der Waals surface area (Å²) in [7, 11) is 0. The number of aliphatic hydroxyl groups excluding tert-OH is 1. The van der Waals surface area contributed by atoms with E-state index in [0.717, 1.165) is 65.0 Å². The fourth-order valence-electron chi connectivity index (χ4n) is 3.39. The van der Waals surface area contributed by atoms with E-state index in [4.69, 9.17) is 0 Å². The molecule has 0 radical (unpaired) electrons. The monoisotopic (exact) mass is 297 g/mol. The lowest BCUT2D eigenvalue weighted by Gasteiger charge is -2.33. The van der Waals surface area contributed by atoms with Crippen LogP contribution in [0.4, 0.5) is 0 Å². The molecule has 2 fully saturated rings. The number of β-amino-alcohol motifs (C(OH)–C–C–N with tert-alkyl or cyclic N) is 1. The molecule has 0 bridgehead atoms. The summed E-state index contributed by atoms with van der Waals surface area (Å²) in [5, 5.41) is 12.8. The van der Waals surface area contributed by atoms with E-state index in [0.29, 0.717) is 5.92 Å². The standard InChI is InChI=1S/C16H31N3O2/c1-13(20)12-18-9-5-15(6-10-18)11-17-14(2)16(21)19-7-3-4-8-19/h13-15,17,20H,3-12H2,1-2H3. The third-order valence-electron chi connectivity index (χ3n) is 4.73. The average molecular weight is 297 g/mol. The second-order valence-corrected chi connectivity index (χ2v) is 6.76. The minimum atomic E-state index is -0.238. The van der Waals surface area contributed by atoms with Crippen molar-refractivity contribution in [2.24, 2.45) is 5.92 Å². The van der Waals surface area contributed by atoms with Gasteiger partial charge in [0.2, 0.25) is 5.91 Å². The van der Waals surface area contributed by atoms with Gasteiger partial charge in [-0.15, -0.1) is 0 Å². The molecule has 21 heavy (non-hydrogen) atoms. The Hall–Kier alpha value is -0.650. The molecule has 2 aliphatic rings. The number of hydrogen-bond donors (Lipinski definition) is 2. The Balaban J connectivity index is 1.63. The quantitative estimate of drug-likeness (QED) is 0.757. The molecule has 0 saturated carbocycles. The van der Waals surface area contributed by atoms with E-state index >= 15 is 0 Å². The molecule has 0 aromatic heterocycles. The van der Waals surface area contributed by atoms with Crippen molar-refractivity contribution in [3.63, 3.8) is 0 Å². The second kappa shape index (κ2) is 8.11. The van der Waals surface area contributed by atoms with Crippen molar-refractivity contribution in [1.82, 2.24) is 15.1 Å².